The highest BCUT2D eigenvalue weighted by molar-refractivity contribution is 5.81. The van der Waals surface area contributed by atoms with Crippen LogP contribution in [0.15, 0.2) is 42.5 Å². The van der Waals surface area contributed by atoms with Gasteiger partial charge in [-0.15, -0.1) is 0 Å². The van der Waals surface area contributed by atoms with Gasteiger partial charge in [0.2, 0.25) is 0 Å². The van der Waals surface area contributed by atoms with Crippen LogP contribution < -0.4 is 0 Å². The molecule has 3 nitrogen and oxygen atoms in total. The van der Waals surface area contributed by atoms with E-state index in [0.717, 1.165) is 22.5 Å². The van der Waals surface area contributed by atoms with E-state index in [1.54, 1.807) is 12.1 Å². The molecule has 2 aromatic carbocycles. The summed E-state index contributed by atoms with van der Waals surface area (Å²) in [5.74, 6) is 1.33. The molecule has 1 N–H and O–H groups in total. The van der Waals surface area contributed by atoms with Crippen molar-refractivity contribution in [1.82, 2.24) is 9.55 Å². The summed E-state index contributed by atoms with van der Waals surface area (Å²) in [6.45, 7) is 2.02. The number of rotatable bonds is 2. The number of aromatic nitrogens is 2. The Morgan fingerprint density at radius 2 is 1.95 bits per heavy atom. The molecule has 0 saturated heterocycles. The number of phenols is 1. The predicted octanol–water partition coefficient (Wildman–Crippen LogP) is 4.05. The highest BCUT2D eigenvalue weighted by Crippen LogP contribution is 2.41. The lowest BCUT2D eigenvalue weighted by Gasteiger charge is -2.10. The molecule has 20 heavy (non-hydrogen) atoms. The zero-order valence-corrected chi connectivity index (χ0v) is 11.4. The van der Waals surface area contributed by atoms with Crippen molar-refractivity contribution in [3.8, 4) is 17.1 Å². The van der Waals surface area contributed by atoms with Crippen molar-refractivity contribution in [3.05, 3.63) is 48.0 Å². The van der Waals surface area contributed by atoms with Crippen LogP contribution in [0.5, 0.6) is 5.75 Å². The van der Waals surface area contributed by atoms with Gasteiger partial charge in [-0.2, -0.15) is 0 Å². The molecule has 0 spiro atoms. The number of phenolic OH excluding ortho intramolecular Hbond substituents is 1. The van der Waals surface area contributed by atoms with E-state index in [4.69, 9.17) is 4.98 Å². The van der Waals surface area contributed by atoms with Gasteiger partial charge in [-0.25, -0.2) is 4.98 Å². The number of imidazole rings is 1. The van der Waals surface area contributed by atoms with E-state index < -0.39 is 0 Å². The molecule has 0 bridgehead atoms. The van der Waals surface area contributed by atoms with Crippen LogP contribution in [0, 0.1) is 6.92 Å². The maximum absolute atomic E-state index is 9.59. The van der Waals surface area contributed by atoms with Crippen molar-refractivity contribution in [3.63, 3.8) is 0 Å². The van der Waals surface area contributed by atoms with Gasteiger partial charge in [0.25, 0.3) is 0 Å². The average molecular weight is 264 g/mol. The minimum Gasteiger partial charge on any atom is -0.508 e. The minimum atomic E-state index is 0.306. The first-order valence-electron chi connectivity index (χ1n) is 7.01. The molecule has 1 aromatic heterocycles. The fraction of sp³-hybridized carbons (Fsp3) is 0.235. The monoisotopic (exact) mass is 264 g/mol. The molecule has 1 aliphatic rings. The van der Waals surface area contributed by atoms with Crippen LogP contribution in [0.3, 0.4) is 0 Å². The first-order chi connectivity index (χ1) is 9.74. The number of aryl methyl sites for hydroxylation is 1. The zero-order chi connectivity index (χ0) is 13.7. The van der Waals surface area contributed by atoms with E-state index in [9.17, 15) is 5.11 Å². The number of nitrogens with zero attached hydrogens (tertiary/aromatic N) is 2. The topological polar surface area (TPSA) is 38.1 Å². The van der Waals surface area contributed by atoms with E-state index in [0.29, 0.717) is 11.8 Å². The molecule has 3 aromatic rings. The van der Waals surface area contributed by atoms with Crippen molar-refractivity contribution < 1.29 is 5.11 Å². The summed E-state index contributed by atoms with van der Waals surface area (Å²) in [6.07, 6.45) is 2.45. The maximum Gasteiger partial charge on any atom is 0.141 e. The largest absolute Gasteiger partial charge is 0.508 e. The van der Waals surface area contributed by atoms with Gasteiger partial charge in [-0.3, -0.25) is 0 Å². The first kappa shape index (κ1) is 11.5. The molecule has 4 rings (SSSR count). The number of hydrogen-bond donors (Lipinski definition) is 1. The molecule has 0 amide bonds. The Labute approximate surface area is 117 Å². The lowest BCUT2D eigenvalue weighted by molar-refractivity contribution is 0.475. The number of aromatic hydroxyl groups is 1. The number of hydrogen-bond acceptors (Lipinski definition) is 2. The first-order valence-corrected chi connectivity index (χ1v) is 7.01. The molecule has 0 radical (unpaired) electrons. The Morgan fingerprint density at radius 3 is 2.70 bits per heavy atom. The van der Waals surface area contributed by atoms with E-state index in [2.05, 4.69) is 22.8 Å². The molecule has 1 heterocycles. The van der Waals surface area contributed by atoms with Crippen LogP contribution in [-0.2, 0) is 0 Å². The predicted molar refractivity (Wildman–Crippen MR) is 79.8 cm³/mol. The highest BCUT2D eigenvalue weighted by atomic mass is 16.3. The Balaban J connectivity index is 2.01. The third-order valence-corrected chi connectivity index (χ3v) is 3.96. The van der Waals surface area contributed by atoms with Crippen LogP contribution in [0.4, 0.5) is 0 Å². The van der Waals surface area contributed by atoms with Crippen molar-refractivity contribution in [2.45, 2.75) is 25.8 Å². The summed E-state index contributed by atoms with van der Waals surface area (Å²) in [5.41, 5.74) is 4.41. The van der Waals surface area contributed by atoms with Crippen molar-refractivity contribution in [2.24, 2.45) is 0 Å². The Morgan fingerprint density at radius 1 is 1.15 bits per heavy atom. The van der Waals surface area contributed by atoms with Gasteiger partial charge in [0.1, 0.15) is 11.6 Å². The minimum absolute atomic E-state index is 0.306. The van der Waals surface area contributed by atoms with Crippen molar-refractivity contribution in [1.29, 1.82) is 0 Å². The maximum atomic E-state index is 9.59. The van der Waals surface area contributed by atoms with Gasteiger partial charge in [0, 0.05) is 11.6 Å². The lowest BCUT2D eigenvalue weighted by atomic mass is 10.1. The molecule has 1 fully saturated rings. The van der Waals surface area contributed by atoms with Gasteiger partial charge in [0.05, 0.1) is 11.0 Å². The zero-order valence-electron chi connectivity index (χ0n) is 11.4. The number of para-hydroxylation sites is 2. The van der Waals surface area contributed by atoms with Crippen LogP contribution in [0.2, 0.25) is 0 Å². The molecule has 100 valence electrons. The summed E-state index contributed by atoms with van der Waals surface area (Å²) in [7, 11) is 0. The molecule has 0 unspecified atom stereocenters. The van der Waals surface area contributed by atoms with Gasteiger partial charge in [-0.1, -0.05) is 12.1 Å². The normalized spacial score (nSPS) is 14.8. The van der Waals surface area contributed by atoms with Crippen LogP contribution in [0.1, 0.15) is 24.4 Å². The van der Waals surface area contributed by atoms with Gasteiger partial charge in [0.15, 0.2) is 0 Å². The molecular formula is C17H16N2O. The summed E-state index contributed by atoms with van der Waals surface area (Å²) < 4.78 is 2.36. The second-order valence-electron chi connectivity index (χ2n) is 5.52. The van der Waals surface area contributed by atoms with Crippen LogP contribution >= 0.6 is 0 Å². The average Bonchev–Trinajstić information content (AvgIpc) is 3.19. The summed E-state index contributed by atoms with van der Waals surface area (Å²) in [6, 6.07) is 14.4. The Bertz CT molecular complexity index is 800. The van der Waals surface area contributed by atoms with Gasteiger partial charge in [-0.05, 0) is 55.7 Å². The van der Waals surface area contributed by atoms with Crippen molar-refractivity contribution in [2.75, 3.05) is 0 Å². The number of benzene rings is 2. The molecule has 0 atom stereocenters. The molecule has 3 heteroatoms. The Hall–Kier alpha value is -2.29. The quantitative estimate of drug-likeness (QED) is 0.758. The van der Waals surface area contributed by atoms with Gasteiger partial charge < -0.3 is 9.67 Å². The standard InChI is InChI=1S/C17H16N2O/c1-11-10-13(20)8-9-14(11)17-18-15-4-2-3-5-16(15)19(17)12-6-7-12/h2-5,8-10,12,20H,6-7H2,1H3. The molecule has 1 aliphatic carbocycles. The lowest BCUT2D eigenvalue weighted by Crippen LogP contribution is -1.98. The third-order valence-electron chi connectivity index (χ3n) is 3.96. The second kappa shape index (κ2) is 4.10. The molecule has 1 saturated carbocycles. The fourth-order valence-corrected chi connectivity index (χ4v) is 2.84. The van der Waals surface area contributed by atoms with E-state index in [1.807, 2.05) is 19.1 Å². The smallest absolute Gasteiger partial charge is 0.141 e. The van der Waals surface area contributed by atoms with Crippen molar-refractivity contribution >= 4 is 11.0 Å². The van der Waals surface area contributed by atoms with E-state index in [-0.39, 0.29) is 0 Å². The fourth-order valence-electron chi connectivity index (χ4n) is 2.84. The van der Waals surface area contributed by atoms with E-state index in [1.165, 1.54) is 18.4 Å². The number of fused-ring (bicyclic) bond motifs is 1. The summed E-state index contributed by atoms with van der Waals surface area (Å²) in [5, 5.41) is 9.59. The van der Waals surface area contributed by atoms with Crippen LogP contribution in [-0.4, -0.2) is 14.7 Å². The SMILES string of the molecule is Cc1cc(O)ccc1-c1nc2ccccc2n1C1CC1. The van der Waals surface area contributed by atoms with Gasteiger partial charge >= 0.3 is 0 Å². The summed E-state index contributed by atoms with van der Waals surface area (Å²) >= 11 is 0. The van der Waals surface area contributed by atoms with E-state index >= 15 is 0 Å². The molecular weight excluding hydrogens is 248 g/mol. The third kappa shape index (κ3) is 1.70. The highest BCUT2D eigenvalue weighted by Gasteiger charge is 2.28. The van der Waals surface area contributed by atoms with Crippen LogP contribution in [0.25, 0.3) is 22.4 Å². The second-order valence-corrected chi connectivity index (χ2v) is 5.52. The molecule has 0 aliphatic heterocycles. The Kier molecular flexibility index (Phi) is 2.36. The summed E-state index contributed by atoms with van der Waals surface area (Å²) in [4.78, 5) is 4.82.